The van der Waals surface area contributed by atoms with Gasteiger partial charge < -0.3 is 5.32 Å². The molecular weight excluding hydrogens is 350 g/mol. The summed E-state index contributed by atoms with van der Waals surface area (Å²) in [7, 11) is 0. The van der Waals surface area contributed by atoms with Crippen LogP contribution in [0.25, 0.3) is 22.5 Å². The van der Waals surface area contributed by atoms with Crippen LogP contribution in [0.15, 0.2) is 85.6 Å². The molecule has 28 heavy (non-hydrogen) atoms. The number of hydrogen-bond donors (Lipinski definition) is 1. The van der Waals surface area contributed by atoms with Crippen LogP contribution < -0.4 is 5.32 Å². The van der Waals surface area contributed by atoms with Crippen LogP contribution in [0, 0.1) is 0 Å². The molecule has 0 saturated carbocycles. The highest BCUT2D eigenvalue weighted by Gasteiger charge is 2.07. The molecule has 6 heteroatoms. The van der Waals surface area contributed by atoms with Gasteiger partial charge in [-0.25, -0.2) is 4.98 Å². The Labute approximate surface area is 162 Å². The lowest BCUT2D eigenvalue weighted by Gasteiger charge is -2.06. The van der Waals surface area contributed by atoms with Crippen molar-refractivity contribution < 1.29 is 4.79 Å². The summed E-state index contributed by atoms with van der Waals surface area (Å²) in [6.45, 7) is 0. The topological polar surface area (TPSA) is 80.7 Å². The molecule has 0 aromatic carbocycles. The maximum absolute atomic E-state index is 12.3. The molecular formula is C22H17N5O. The number of anilines is 1. The van der Waals surface area contributed by atoms with Gasteiger partial charge in [-0.1, -0.05) is 12.1 Å². The number of nitrogens with zero attached hydrogens (tertiary/aromatic N) is 4. The summed E-state index contributed by atoms with van der Waals surface area (Å²) >= 11 is 0. The summed E-state index contributed by atoms with van der Waals surface area (Å²) in [5.74, 6) is 0.364. The molecule has 4 rings (SSSR count). The SMILES string of the molecule is O=C(Cc1ccc(-c2ccncc2)nc1)Nc1ccc(-c2ccccn2)cn1. The van der Waals surface area contributed by atoms with Gasteiger partial charge in [0.25, 0.3) is 0 Å². The molecule has 0 atom stereocenters. The molecule has 0 unspecified atom stereocenters. The molecule has 136 valence electrons. The van der Waals surface area contributed by atoms with Crippen LogP contribution in [0.4, 0.5) is 5.82 Å². The lowest BCUT2D eigenvalue weighted by Crippen LogP contribution is -2.15. The van der Waals surface area contributed by atoms with Crippen molar-refractivity contribution in [3.05, 3.63) is 91.1 Å². The minimum absolute atomic E-state index is 0.142. The van der Waals surface area contributed by atoms with E-state index >= 15 is 0 Å². The van der Waals surface area contributed by atoms with Crippen LogP contribution >= 0.6 is 0 Å². The van der Waals surface area contributed by atoms with E-state index in [2.05, 4.69) is 25.3 Å². The molecule has 0 spiro atoms. The van der Waals surface area contributed by atoms with Gasteiger partial charge in [0.2, 0.25) is 5.91 Å². The Morgan fingerprint density at radius 3 is 2.29 bits per heavy atom. The lowest BCUT2D eigenvalue weighted by molar-refractivity contribution is -0.115. The zero-order chi connectivity index (χ0) is 19.2. The average molecular weight is 367 g/mol. The third-order valence-corrected chi connectivity index (χ3v) is 4.16. The Morgan fingerprint density at radius 2 is 1.61 bits per heavy atom. The average Bonchev–Trinajstić information content (AvgIpc) is 2.76. The minimum Gasteiger partial charge on any atom is -0.310 e. The van der Waals surface area contributed by atoms with Crippen molar-refractivity contribution in [3.63, 3.8) is 0 Å². The standard InChI is InChI=1S/C22H17N5O/c28-22(13-16-4-6-20(25-14-16)17-8-11-23-12-9-17)27-21-7-5-18(15-26-21)19-3-1-2-10-24-19/h1-12,14-15H,13H2,(H,26,27,28). The molecule has 4 aromatic rings. The predicted molar refractivity (Wildman–Crippen MR) is 107 cm³/mol. The van der Waals surface area contributed by atoms with E-state index in [4.69, 9.17) is 0 Å². The van der Waals surface area contributed by atoms with Crippen molar-refractivity contribution in [1.82, 2.24) is 19.9 Å². The number of carbonyl (C=O) groups excluding carboxylic acids is 1. The highest BCUT2D eigenvalue weighted by Crippen LogP contribution is 2.18. The zero-order valence-corrected chi connectivity index (χ0v) is 15.0. The first kappa shape index (κ1) is 17.5. The number of nitrogens with one attached hydrogen (secondary N) is 1. The molecule has 0 saturated heterocycles. The molecule has 4 heterocycles. The van der Waals surface area contributed by atoms with Gasteiger partial charge >= 0.3 is 0 Å². The van der Waals surface area contributed by atoms with Gasteiger partial charge in [-0.15, -0.1) is 0 Å². The summed E-state index contributed by atoms with van der Waals surface area (Å²) in [6.07, 6.45) is 8.83. The lowest BCUT2D eigenvalue weighted by atomic mass is 10.1. The first-order valence-electron chi connectivity index (χ1n) is 8.80. The molecule has 0 aliphatic heterocycles. The Kier molecular flexibility index (Phi) is 5.11. The molecule has 0 fully saturated rings. The van der Waals surface area contributed by atoms with E-state index in [1.54, 1.807) is 37.1 Å². The molecule has 4 aromatic heterocycles. The summed E-state index contributed by atoms with van der Waals surface area (Å²) in [6, 6.07) is 17.0. The van der Waals surface area contributed by atoms with Gasteiger partial charge in [0.05, 0.1) is 17.8 Å². The highest BCUT2D eigenvalue weighted by atomic mass is 16.1. The van der Waals surface area contributed by atoms with Gasteiger partial charge in [0.1, 0.15) is 5.82 Å². The zero-order valence-electron chi connectivity index (χ0n) is 15.0. The summed E-state index contributed by atoms with van der Waals surface area (Å²) < 4.78 is 0. The second kappa shape index (κ2) is 8.18. The van der Waals surface area contributed by atoms with E-state index in [0.717, 1.165) is 28.1 Å². The van der Waals surface area contributed by atoms with Crippen molar-refractivity contribution in [1.29, 1.82) is 0 Å². The maximum Gasteiger partial charge on any atom is 0.230 e. The van der Waals surface area contributed by atoms with Gasteiger partial charge in [-0.2, -0.15) is 0 Å². The third kappa shape index (κ3) is 4.24. The van der Waals surface area contributed by atoms with E-state index in [1.807, 2.05) is 48.5 Å². The Morgan fingerprint density at radius 1 is 0.750 bits per heavy atom. The van der Waals surface area contributed by atoms with E-state index in [9.17, 15) is 4.79 Å². The van der Waals surface area contributed by atoms with Crippen LogP contribution in [-0.2, 0) is 11.2 Å². The Bertz CT molecular complexity index is 963. The van der Waals surface area contributed by atoms with Crippen molar-refractivity contribution in [2.24, 2.45) is 0 Å². The monoisotopic (exact) mass is 367 g/mol. The largest absolute Gasteiger partial charge is 0.310 e. The van der Waals surface area contributed by atoms with Crippen LogP contribution in [0.2, 0.25) is 0 Å². The van der Waals surface area contributed by atoms with Crippen molar-refractivity contribution in [2.45, 2.75) is 6.42 Å². The number of rotatable bonds is 5. The summed E-state index contributed by atoms with van der Waals surface area (Å²) in [4.78, 5) is 29.3. The molecule has 1 amide bonds. The van der Waals surface area contributed by atoms with Crippen molar-refractivity contribution >= 4 is 11.7 Å². The number of aromatic nitrogens is 4. The van der Waals surface area contributed by atoms with Crippen molar-refractivity contribution in [3.8, 4) is 22.5 Å². The summed E-state index contributed by atoms with van der Waals surface area (Å²) in [5.41, 5.74) is 4.41. The van der Waals surface area contributed by atoms with Gasteiger partial charge in [0.15, 0.2) is 0 Å². The van der Waals surface area contributed by atoms with Crippen LogP contribution in [0.3, 0.4) is 0 Å². The number of amides is 1. The molecule has 1 N–H and O–H groups in total. The molecule has 0 aliphatic rings. The number of carbonyl (C=O) groups is 1. The van der Waals surface area contributed by atoms with Crippen LogP contribution in [0.1, 0.15) is 5.56 Å². The smallest absolute Gasteiger partial charge is 0.230 e. The Hall–Kier alpha value is -3.93. The second-order valence-electron chi connectivity index (χ2n) is 6.16. The molecule has 0 radical (unpaired) electrons. The number of hydrogen-bond acceptors (Lipinski definition) is 5. The molecule has 6 nitrogen and oxygen atoms in total. The van der Waals surface area contributed by atoms with Crippen LogP contribution in [-0.4, -0.2) is 25.8 Å². The van der Waals surface area contributed by atoms with E-state index in [0.29, 0.717) is 5.82 Å². The fraction of sp³-hybridized carbons (Fsp3) is 0.0455. The van der Waals surface area contributed by atoms with E-state index in [1.165, 1.54) is 0 Å². The van der Waals surface area contributed by atoms with Gasteiger partial charge in [-0.3, -0.25) is 19.7 Å². The van der Waals surface area contributed by atoms with E-state index < -0.39 is 0 Å². The second-order valence-corrected chi connectivity index (χ2v) is 6.16. The van der Waals surface area contributed by atoms with Gasteiger partial charge in [0, 0.05) is 42.1 Å². The van der Waals surface area contributed by atoms with Gasteiger partial charge in [-0.05, 0) is 48.0 Å². The summed E-state index contributed by atoms with van der Waals surface area (Å²) in [5, 5.41) is 2.81. The first-order chi connectivity index (χ1) is 13.8. The minimum atomic E-state index is -0.142. The Balaban J connectivity index is 1.38. The normalized spacial score (nSPS) is 10.4. The molecule has 0 bridgehead atoms. The quantitative estimate of drug-likeness (QED) is 0.580. The molecule has 0 aliphatic carbocycles. The fourth-order valence-corrected chi connectivity index (χ4v) is 2.75. The highest BCUT2D eigenvalue weighted by molar-refractivity contribution is 5.91. The van der Waals surface area contributed by atoms with Crippen molar-refractivity contribution in [2.75, 3.05) is 5.32 Å². The van der Waals surface area contributed by atoms with Crippen LogP contribution in [0.5, 0.6) is 0 Å². The predicted octanol–water partition coefficient (Wildman–Crippen LogP) is 3.78. The first-order valence-corrected chi connectivity index (χ1v) is 8.80. The van der Waals surface area contributed by atoms with E-state index in [-0.39, 0.29) is 12.3 Å². The fourth-order valence-electron chi connectivity index (χ4n) is 2.75. The third-order valence-electron chi connectivity index (χ3n) is 4.16. The maximum atomic E-state index is 12.3. The number of pyridine rings is 4.